The molecule has 0 amide bonds. The van der Waals surface area contributed by atoms with Gasteiger partial charge in [-0.1, -0.05) is 29.8 Å². The number of hydrogen-bond donors (Lipinski definition) is 0. The molecule has 5 rings (SSSR count). The van der Waals surface area contributed by atoms with Crippen LogP contribution in [0.25, 0.3) is 39.3 Å². The Morgan fingerprint density at radius 2 is 1.69 bits per heavy atom. The molecule has 2 aromatic carbocycles. The molecule has 0 saturated heterocycles. The maximum atomic E-state index is 13.0. The third-order valence-corrected chi connectivity index (χ3v) is 5.17. The van der Waals surface area contributed by atoms with Crippen LogP contribution in [0.15, 0.2) is 70.1 Å². The molecule has 0 aliphatic carbocycles. The van der Waals surface area contributed by atoms with Crippen molar-refractivity contribution in [3.63, 3.8) is 0 Å². The quantitative estimate of drug-likeness (QED) is 0.398. The predicted molar refractivity (Wildman–Crippen MR) is 115 cm³/mol. The first kappa shape index (κ1) is 17.4. The van der Waals surface area contributed by atoms with Crippen LogP contribution in [-0.4, -0.2) is 14.5 Å². The van der Waals surface area contributed by atoms with Crippen LogP contribution >= 0.6 is 0 Å². The fourth-order valence-corrected chi connectivity index (χ4v) is 4.03. The van der Waals surface area contributed by atoms with Gasteiger partial charge in [0.25, 0.3) is 0 Å². The smallest absolute Gasteiger partial charge is 0.218 e. The van der Waals surface area contributed by atoms with E-state index < -0.39 is 0 Å². The van der Waals surface area contributed by atoms with Crippen molar-refractivity contribution in [3.8, 4) is 17.2 Å². The van der Waals surface area contributed by atoms with Crippen LogP contribution in [0, 0.1) is 20.8 Å². The molecule has 5 aromatic rings. The Bertz CT molecular complexity index is 1440. The number of pyridine rings is 1. The summed E-state index contributed by atoms with van der Waals surface area (Å²) in [5.41, 5.74) is 6.46. The molecule has 0 N–H and O–H groups in total. The number of aromatic nitrogens is 3. The number of imidazole rings is 1. The lowest BCUT2D eigenvalue weighted by molar-refractivity contribution is 0.658. The number of para-hydroxylation sites is 1. The third-order valence-electron chi connectivity index (χ3n) is 5.17. The Labute approximate surface area is 167 Å². The number of fused-ring (bicyclic) bond motifs is 2. The molecule has 142 valence electrons. The van der Waals surface area contributed by atoms with Gasteiger partial charge in [-0.3, -0.25) is 9.36 Å². The monoisotopic (exact) mass is 381 g/mol. The lowest BCUT2D eigenvalue weighted by Crippen LogP contribution is -2.07. The fourth-order valence-electron chi connectivity index (χ4n) is 4.03. The SMILES string of the molecule is Cc1cc(C)c(-n2ccnc2-c2ccc3oc4ccccc4c(=O)c3n2)c(C)c1. The van der Waals surface area contributed by atoms with Gasteiger partial charge in [0.05, 0.1) is 11.1 Å². The van der Waals surface area contributed by atoms with Crippen LogP contribution in [0.3, 0.4) is 0 Å². The molecule has 0 aliphatic rings. The van der Waals surface area contributed by atoms with Crippen molar-refractivity contribution in [2.45, 2.75) is 20.8 Å². The molecule has 3 aromatic heterocycles. The highest BCUT2D eigenvalue weighted by Crippen LogP contribution is 2.27. The van der Waals surface area contributed by atoms with Crippen molar-refractivity contribution >= 4 is 22.1 Å². The van der Waals surface area contributed by atoms with Crippen molar-refractivity contribution < 1.29 is 4.42 Å². The van der Waals surface area contributed by atoms with E-state index in [1.807, 2.05) is 29.0 Å². The predicted octanol–water partition coefficient (Wildman–Crippen LogP) is 5.12. The van der Waals surface area contributed by atoms with Crippen molar-refractivity contribution in [2.24, 2.45) is 0 Å². The molecule has 0 fully saturated rings. The molecular weight excluding hydrogens is 362 g/mol. The van der Waals surface area contributed by atoms with E-state index in [0.29, 0.717) is 33.6 Å². The Balaban J connectivity index is 1.74. The van der Waals surface area contributed by atoms with Crippen LogP contribution in [0.4, 0.5) is 0 Å². The van der Waals surface area contributed by atoms with E-state index in [1.54, 1.807) is 24.4 Å². The Kier molecular flexibility index (Phi) is 3.84. The van der Waals surface area contributed by atoms with Crippen molar-refractivity contribution in [2.75, 3.05) is 0 Å². The van der Waals surface area contributed by atoms with Crippen LogP contribution in [0.5, 0.6) is 0 Å². The van der Waals surface area contributed by atoms with E-state index in [9.17, 15) is 4.79 Å². The Hall–Kier alpha value is -3.73. The lowest BCUT2D eigenvalue weighted by atomic mass is 10.0. The van der Waals surface area contributed by atoms with Gasteiger partial charge in [-0.2, -0.15) is 0 Å². The highest BCUT2D eigenvalue weighted by atomic mass is 16.3. The number of rotatable bonds is 2. The molecule has 5 heteroatoms. The largest absolute Gasteiger partial charge is 0.454 e. The normalized spacial score (nSPS) is 11.4. The highest BCUT2D eigenvalue weighted by Gasteiger charge is 2.16. The maximum Gasteiger partial charge on any atom is 0.218 e. The third kappa shape index (κ3) is 2.74. The molecule has 0 aliphatic heterocycles. The van der Waals surface area contributed by atoms with E-state index in [0.717, 1.165) is 16.8 Å². The Morgan fingerprint density at radius 3 is 2.48 bits per heavy atom. The van der Waals surface area contributed by atoms with Crippen LogP contribution in [-0.2, 0) is 0 Å². The summed E-state index contributed by atoms with van der Waals surface area (Å²) in [6, 6.07) is 15.2. The second-order valence-electron chi connectivity index (χ2n) is 7.34. The van der Waals surface area contributed by atoms with E-state index in [1.165, 1.54) is 5.56 Å². The molecule has 0 atom stereocenters. The first-order valence-electron chi connectivity index (χ1n) is 9.47. The van der Waals surface area contributed by atoms with Gasteiger partial charge in [0.2, 0.25) is 5.43 Å². The summed E-state index contributed by atoms with van der Waals surface area (Å²) in [6.07, 6.45) is 3.68. The first-order valence-corrected chi connectivity index (χ1v) is 9.47. The molecular formula is C24H19N3O2. The zero-order chi connectivity index (χ0) is 20.1. The van der Waals surface area contributed by atoms with Crippen molar-refractivity contribution in [3.05, 3.63) is 87.8 Å². The van der Waals surface area contributed by atoms with Crippen molar-refractivity contribution in [1.29, 1.82) is 0 Å². The van der Waals surface area contributed by atoms with Gasteiger partial charge in [-0.15, -0.1) is 0 Å². The van der Waals surface area contributed by atoms with Crippen LogP contribution < -0.4 is 5.43 Å². The molecule has 0 bridgehead atoms. The summed E-state index contributed by atoms with van der Waals surface area (Å²) >= 11 is 0. The van der Waals surface area contributed by atoms with Crippen LogP contribution in [0.1, 0.15) is 16.7 Å². The average Bonchev–Trinajstić information content (AvgIpc) is 3.16. The minimum Gasteiger partial charge on any atom is -0.454 e. The number of nitrogens with zero attached hydrogens (tertiary/aromatic N) is 3. The summed E-state index contributed by atoms with van der Waals surface area (Å²) in [5.74, 6) is 0.689. The lowest BCUT2D eigenvalue weighted by Gasteiger charge is -2.15. The first-order chi connectivity index (χ1) is 14.0. The van der Waals surface area contributed by atoms with Crippen molar-refractivity contribution in [1.82, 2.24) is 14.5 Å². The molecule has 3 heterocycles. The van der Waals surface area contributed by atoms with Gasteiger partial charge < -0.3 is 4.42 Å². The number of benzene rings is 2. The van der Waals surface area contributed by atoms with E-state index in [4.69, 9.17) is 4.42 Å². The average molecular weight is 381 g/mol. The molecule has 0 unspecified atom stereocenters. The van der Waals surface area contributed by atoms with Gasteiger partial charge >= 0.3 is 0 Å². The van der Waals surface area contributed by atoms with Crippen LogP contribution in [0.2, 0.25) is 0 Å². The van der Waals surface area contributed by atoms with Gasteiger partial charge in [-0.25, -0.2) is 9.97 Å². The summed E-state index contributed by atoms with van der Waals surface area (Å²) < 4.78 is 7.90. The second kappa shape index (κ2) is 6.41. The van der Waals surface area contributed by atoms with E-state index in [2.05, 4.69) is 42.9 Å². The van der Waals surface area contributed by atoms with Gasteiger partial charge in [0, 0.05) is 12.4 Å². The Morgan fingerprint density at radius 1 is 0.931 bits per heavy atom. The second-order valence-corrected chi connectivity index (χ2v) is 7.34. The van der Waals surface area contributed by atoms with Gasteiger partial charge in [-0.05, 0) is 56.2 Å². The maximum absolute atomic E-state index is 13.0. The standard InChI is InChI=1S/C24H19N3O2/c1-14-12-15(2)22(16(3)13-14)27-11-10-25-24(27)18-8-9-20-21(26-18)23(28)17-6-4-5-7-19(17)29-20/h4-13H,1-3H3. The number of hydrogen-bond acceptors (Lipinski definition) is 4. The zero-order valence-electron chi connectivity index (χ0n) is 16.4. The summed E-state index contributed by atoms with van der Waals surface area (Å²) in [7, 11) is 0. The van der Waals surface area contributed by atoms with Gasteiger partial charge in [0.15, 0.2) is 16.9 Å². The topological polar surface area (TPSA) is 60.9 Å². The minimum absolute atomic E-state index is 0.135. The molecule has 0 radical (unpaired) electrons. The zero-order valence-corrected chi connectivity index (χ0v) is 16.4. The summed E-state index contributed by atoms with van der Waals surface area (Å²) in [4.78, 5) is 22.1. The van der Waals surface area contributed by atoms with Gasteiger partial charge in [0.1, 0.15) is 11.3 Å². The van der Waals surface area contributed by atoms with E-state index in [-0.39, 0.29) is 5.43 Å². The highest BCUT2D eigenvalue weighted by molar-refractivity contribution is 5.88. The minimum atomic E-state index is -0.135. The molecule has 5 nitrogen and oxygen atoms in total. The van der Waals surface area contributed by atoms with E-state index >= 15 is 0 Å². The molecule has 29 heavy (non-hydrogen) atoms. The molecule has 0 saturated carbocycles. The summed E-state index contributed by atoms with van der Waals surface area (Å²) in [6.45, 7) is 6.27. The molecule has 0 spiro atoms. The summed E-state index contributed by atoms with van der Waals surface area (Å²) in [5, 5.41) is 0.526. The fraction of sp³-hybridized carbons (Fsp3) is 0.125. The number of aryl methyl sites for hydroxylation is 3.